The minimum absolute atomic E-state index is 0.131. The smallest absolute Gasteiger partial charge is 0.254 e. The molecule has 5 rings (SSSR count). The number of ether oxygens (including phenoxy) is 2. The molecule has 2 heterocycles. The average Bonchev–Trinajstić information content (AvgIpc) is 3.19. The molecule has 0 bridgehead atoms. The van der Waals surface area contributed by atoms with Gasteiger partial charge in [0.2, 0.25) is 0 Å². The van der Waals surface area contributed by atoms with E-state index in [2.05, 4.69) is 4.98 Å². The van der Waals surface area contributed by atoms with Crippen molar-refractivity contribution in [1.82, 2.24) is 9.88 Å². The Morgan fingerprint density at radius 1 is 1.19 bits per heavy atom. The van der Waals surface area contributed by atoms with E-state index in [0.717, 1.165) is 48.4 Å². The fraction of sp³-hybridized carbons (Fsp3) is 0.571. The fourth-order valence-electron chi connectivity index (χ4n) is 4.48. The summed E-state index contributed by atoms with van der Waals surface area (Å²) in [7, 11) is 0. The second-order valence-corrected chi connectivity index (χ2v) is 8.07. The van der Waals surface area contributed by atoms with Crippen LogP contribution in [0.2, 0.25) is 0 Å². The third-order valence-electron chi connectivity index (χ3n) is 6.10. The van der Waals surface area contributed by atoms with Gasteiger partial charge in [-0.05, 0) is 61.8 Å². The minimum atomic E-state index is 0.131. The molecule has 3 atom stereocenters. The molecule has 3 aliphatic rings. The third kappa shape index (κ3) is 3.14. The normalized spacial score (nSPS) is 28.5. The summed E-state index contributed by atoms with van der Waals surface area (Å²) >= 11 is 0. The number of morpholine rings is 1. The second kappa shape index (κ2) is 6.71. The predicted octanol–water partition coefficient (Wildman–Crippen LogP) is 3.21. The van der Waals surface area contributed by atoms with Crippen LogP contribution >= 0.6 is 0 Å². The van der Waals surface area contributed by atoms with Gasteiger partial charge in [-0.1, -0.05) is 0 Å². The lowest BCUT2D eigenvalue weighted by atomic mass is 10.1. The molecule has 2 aliphatic carbocycles. The summed E-state index contributed by atoms with van der Waals surface area (Å²) in [6.45, 7) is 3.03. The molecular formula is C21H26N2O3. The Morgan fingerprint density at radius 2 is 2.08 bits per heavy atom. The summed E-state index contributed by atoms with van der Waals surface area (Å²) in [5.41, 5.74) is 1.83. The number of aromatic nitrogens is 1. The monoisotopic (exact) mass is 354 g/mol. The van der Waals surface area contributed by atoms with Gasteiger partial charge in [0.05, 0.1) is 18.8 Å². The number of fused-ring (bicyclic) bond motifs is 2. The Hall–Kier alpha value is -1.85. The summed E-state index contributed by atoms with van der Waals surface area (Å²) in [5.74, 6) is 1.44. The maximum Gasteiger partial charge on any atom is 0.254 e. The number of nitrogens with one attached hydrogen (secondary N) is 1. The molecule has 5 heteroatoms. The first-order valence-corrected chi connectivity index (χ1v) is 9.85. The standard InChI is InChI=1S/C21H26N2O3/c24-21(17-3-4-18-16(11-17)5-6-22-18)23-7-8-26-20-10-15(9-19(20)23)13-25-12-14-1-2-14/h3-6,11,14-15,19-20,22H,1-2,7-10,12-13H2/t15-,19-,20-/m1/s1. The van der Waals surface area contributed by atoms with Crippen LogP contribution in [-0.4, -0.2) is 54.3 Å². The highest BCUT2D eigenvalue weighted by molar-refractivity contribution is 5.98. The minimum Gasteiger partial charge on any atom is -0.381 e. The first-order chi connectivity index (χ1) is 12.8. The zero-order chi connectivity index (χ0) is 17.5. The van der Waals surface area contributed by atoms with E-state index in [0.29, 0.717) is 19.1 Å². The average molecular weight is 354 g/mol. The molecule has 1 aromatic heterocycles. The van der Waals surface area contributed by atoms with Crippen LogP contribution in [-0.2, 0) is 9.47 Å². The summed E-state index contributed by atoms with van der Waals surface area (Å²) in [6.07, 6.45) is 6.73. The number of benzene rings is 1. The highest BCUT2D eigenvalue weighted by Crippen LogP contribution is 2.36. The van der Waals surface area contributed by atoms with E-state index < -0.39 is 0 Å². The molecule has 3 fully saturated rings. The van der Waals surface area contributed by atoms with Crippen molar-refractivity contribution in [1.29, 1.82) is 0 Å². The Labute approximate surface area is 153 Å². The molecule has 2 saturated carbocycles. The van der Waals surface area contributed by atoms with Crippen molar-refractivity contribution in [3.63, 3.8) is 0 Å². The van der Waals surface area contributed by atoms with Gasteiger partial charge in [0.1, 0.15) is 0 Å². The van der Waals surface area contributed by atoms with Gasteiger partial charge in [-0.3, -0.25) is 4.79 Å². The number of rotatable bonds is 5. The summed E-state index contributed by atoms with van der Waals surface area (Å²) in [6, 6.07) is 8.11. The zero-order valence-electron chi connectivity index (χ0n) is 15.0. The summed E-state index contributed by atoms with van der Waals surface area (Å²) in [5, 5.41) is 1.08. The quantitative estimate of drug-likeness (QED) is 0.897. The molecule has 5 nitrogen and oxygen atoms in total. The van der Waals surface area contributed by atoms with E-state index in [-0.39, 0.29) is 18.1 Å². The number of carbonyl (C=O) groups is 1. The van der Waals surface area contributed by atoms with Crippen molar-refractivity contribution in [3.05, 3.63) is 36.0 Å². The van der Waals surface area contributed by atoms with Crippen LogP contribution in [0.5, 0.6) is 0 Å². The molecule has 26 heavy (non-hydrogen) atoms. The van der Waals surface area contributed by atoms with Crippen LogP contribution in [0.25, 0.3) is 10.9 Å². The third-order valence-corrected chi connectivity index (χ3v) is 6.10. The number of hydrogen-bond donors (Lipinski definition) is 1. The van der Waals surface area contributed by atoms with Crippen LogP contribution in [0, 0.1) is 11.8 Å². The van der Waals surface area contributed by atoms with Crippen LogP contribution < -0.4 is 0 Å². The lowest BCUT2D eigenvalue weighted by Gasteiger charge is -2.37. The van der Waals surface area contributed by atoms with Gasteiger partial charge in [0, 0.05) is 42.4 Å². The van der Waals surface area contributed by atoms with Crippen LogP contribution in [0.1, 0.15) is 36.0 Å². The van der Waals surface area contributed by atoms with E-state index in [1.807, 2.05) is 35.4 Å². The molecule has 1 aliphatic heterocycles. The van der Waals surface area contributed by atoms with E-state index in [9.17, 15) is 4.79 Å². The Balaban J connectivity index is 1.27. The van der Waals surface area contributed by atoms with E-state index in [1.54, 1.807) is 0 Å². The first kappa shape index (κ1) is 16.3. The largest absolute Gasteiger partial charge is 0.381 e. The van der Waals surface area contributed by atoms with Gasteiger partial charge < -0.3 is 19.4 Å². The molecule has 1 aromatic carbocycles. The molecule has 0 radical (unpaired) electrons. The van der Waals surface area contributed by atoms with Crippen molar-refractivity contribution in [2.75, 3.05) is 26.4 Å². The van der Waals surface area contributed by atoms with Gasteiger partial charge in [-0.25, -0.2) is 0 Å². The fourth-order valence-corrected chi connectivity index (χ4v) is 4.48. The van der Waals surface area contributed by atoms with Crippen molar-refractivity contribution in [2.24, 2.45) is 11.8 Å². The molecular weight excluding hydrogens is 328 g/mol. The van der Waals surface area contributed by atoms with E-state index in [1.165, 1.54) is 12.8 Å². The molecule has 138 valence electrons. The predicted molar refractivity (Wildman–Crippen MR) is 99.1 cm³/mol. The van der Waals surface area contributed by atoms with Crippen molar-refractivity contribution < 1.29 is 14.3 Å². The van der Waals surface area contributed by atoms with E-state index in [4.69, 9.17) is 9.47 Å². The maximum absolute atomic E-state index is 13.2. The lowest BCUT2D eigenvalue weighted by molar-refractivity contribution is -0.0450. The highest BCUT2D eigenvalue weighted by atomic mass is 16.5. The zero-order valence-corrected chi connectivity index (χ0v) is 15.0. The van der Waals surface area contributed by atoms with Crippen LogP contribution in [0.4, 0.5) is 0 Å². The number of hydrogen-bond acceptors (Lipinski definition) is 3. The van der Waals surface area contributed by atoms with Gasteiger partial charge >= 0.3 is 0 Å². The number of aromatic amines is 1. The van der Waals surface area contributed by atoms with Crippen molar-refractivity contribution in [3.8, 4) is 0 Å². The van der Waals surface area contributed by atoms with E-state index >= 15 is 0 Å². The van der Waals surface area contributed by atoms with Crippen molar-refractivity contribution in [2.45, 2.75) is 37.8 Å². The van der Waals surface area contributed by atoms with Gasteiger partial charge in [0.25, 0.3) is 5.91 Å². The summed E-state index contributed by atoms with van der Waals surface area (Å²) in [4.78, 5) is 18.4. The van der Waals surface area contributed by atoms with Gasteiger partial charge in [-0.2, -0.15) is 0 Å². The Morgan fingerprint density at radius 3 is 2.96 bits per heavy atom. The number of carbonyl (C=O) groups excluding carboxylic acids is 1. The molecule has 1 amide bonds. The first-order valence-electron chi connectivity index (χ1n) is 9.85. The number of nitrogens with zero attached hydrogens (tertiary/aromatic N) is 1. The van der Waals surface area contributed by atoms with Crippen LogP contribution in [0.3, 0.4) is 0 Å². The summed E-state index contributed by atoms with van der Waals surface area (Å²) < 4.78 is 11.9. The molecule has 2 aromatic rings. The molecule has 0 spiro atoms. The molecule has 1 N–H and O–H groups in total. The number of amides is 1. The second-order valence-electron chi connectivity index (χ2n) is 8.07. The topological polar surface area (TPSA) is 54.6 Å². The lowest BCUT2D eigenvalue weighted by Crippen LogP contribution is -2.51. The molecule has 0 unspecified atom stereocenters. The number of H-pyrrole nitrogens is 1. The molecule has 1 saturated heterocycles. The Bertz CT molecular complexity index is 797. The van der Waals surface area contributed by atoms with Crippen LogP contribution in [0.15, 0.2) is 30.5 Å². The SMILES string of the molecule is O=C(c1ccc2[nH]ccc2c1)N1CCO[C@@H]2C[C@H](COCC3CC3)C[C@H]21. The highest BCUT2D eigenvalue weighted by Gasteiger charge is 2.43. The van der Waals surface area contributed by atoms with Gasteiger partial charge in [-0.15, -0.1) is 0 Å². The maximum atomic E-state index is 13.2. The van der Waals surface area contributed by atoms with Crippen molar-refractivity contribution >= 4 is 16.8 Å². The Kier molecular flexibility index (Phi) is 4.21. The van der Waals surface area contributed by atoms with Gasteiger partial charge in [0.15, 0.2) is 0 Å².